The molecule has 0 aromatic carbocycles. The van der Waals surface area contributed by atoms with Gasteiger partial charge >= 0.3 is 5.97 Å². The highest BCUT2D eigenvalue weighted by atomic mass is 16.4. The molecule has 116 valence electrons. The zero-order valence-corrected chi connectivity index (χ0v) is 11.8. The number of aromatic amines is 1. The van der Waals surface area contributed by atoms with Crippen LogP contribution in [-0.2, 0) is 16.1 Å². The summed E-state index contributed by atoms with van der Waals surface area (Å²) >= 11 is 0. The monoisotopic (exact) mass is 304 g/mol. The van der Waals surface area contributed by atoms with Gasteiger partial charge < -0.3 is 10.0 Å². The summed E-state index contributed by atoms with van der Waals surface area (Å²) in [7, 11) is 0. The lowest BCUT2D eigenvalue weighted by Crippen LogP contribution is -2.32. The fourth-order valence-electron chi connectivity index (χ4n) is 2.86. The molecule has 0 unspecified atom stereocenters. The molecule has 22 heavy (non-hydrogen) atoms. The number of hydrogen-bond donors (Lipinski definition) is 2. The molecule has 0 aliphatic carbocycles. The lowest BCUT2D eigenvalue weighted by atomic mass is 9.91. The van der Waals surface area contributed by atoms with Crippen molar-refractivity contribution in [3.63, 3.8) is 0 Å². The Morgan fingerprint density at radius 2 is 2.27 bits per heavy atom. The topological polar surface area (TPSA) is 117 Å². The zero-order chi connectivity index (χ0) is 15.5. The van der Waals surface area contributed by atoms with Crippen molar-refractivity contribution in [2.24, 2.45) is 5.92 Å². The van der Waals surface area contributed by atoms with E-state index < -0.39 is 5.97 Å². The summed E-state index contributed by atoms with van der Waals surface area (Å²) in [5, 5.41) is 23.4. The minimum absolute atomic E-state index is 0.00305. The van der Waals surface area contributed by atoms with Gasteiger partial charge in [-0.25, -0.2) is 0 Å². The average Bonchev–Trinajstić information content (AvgIpc) is 3.18. The van der Waals surface area contributed by atoms with E-state index in [-0.39, 0.29) is 30.7 Å². The zero-order valence-electron chi connectivity index (χ0n) is 11.8. The Morgan fingerprint density at radius 1 is 1.41 bits per heavy atom. The van der Waals surface area contributed by atoms with Gasteiger partial charge in [-0.3, -0.25) is 14.3 Å². The number of aromatic nitrogens is 5. The van der Waals surface area contributed by atoms with Crippen LogP contribution in [0.2, 0.25) is 0 Å². The second kappa shape index (κ2) is 5.96. The first-order chi connectivity index (χ1) is 10.6. The molecule has 9 heteroatoms. The van der Waals surface area contributed by atoms with Crippen LogP contribution in [0, 0.1) is 5.92 Å². The highest BCUT2D eigenvalue weighted by molar-refractivity contribution is 5.76. The van der Waals surface area contributed by atoms with Crippen molar-refractivity contribution in [3.05, 3.63) is 30.4 Å². The summed E-state index contributed by atoms with van der Waals surface area (Å²) in [6, 6.07) is 1.75. The number of carboxylic acid groups (broad SMARTS) is 1. The fraction of sp³-hybridized carbons (Fsp3) is 0.462. The van der Waals surface area contributed by atoms with Crippen molar-refractivity contribution < 1.29 is 14.7 Å². The number of nitrogens with one attached hydrogen (secondary N) is 1. The average molecular weight is 304 g/mol. The van der Waals surface area contributed by atoms with Crippen LogP contribution in [0.1, 0.15) is 18.0 Å². The third-order valence-corrected chi connectivity index (χ3v) is 3.90. The van der Waals surface area contributed by atoms with E-state index in [1.165, 1.54) is 0 Å². The number of hydrogen-bond acceptors (Lipinski definition) is 5. The third kappa shape index (κ3) is 2.97. The van der Waals surface area contributed by atoms with Crippen molar-refractivity contribution in [1.29, 1.82) is 0 Å². The van der Waals surface area contributed by atoms with Gasteiger partial charge in [0, 0.05) is 31.4 Å². The third-order valence-electron chi connectivity index (χ3n) is 3.90. The Bertz CT molecular complexity index is 639. The Kier molecular flexibility index (Phi) is 3.86. The minimum Gasteiger partial charge on any atom is -0.481 e. The number of nitrogens with zero attached hydrogens (tertiary/aromatic N) is 5. The Labute approximate surface area is 125 Å². The Morgan fingerprint density at radius 3 is 2.91 bits per heavy atom. The van der Waals surface area contributed by atoms with E-state index in [4.69, 9.17) is 5.11 Å². The molecule has 0 saturated carbocycles. The van der Waals surface area contributed by atoms with Crippen molar-refractivity contribution in [1.82, 2.24) is 30.1 Å². The molecule has 0 spiro atoms. The quantitative estimate of drug-likeness (QED) is 0.784. The summed E-state index contributed by atoms with van der Waals surface area (Å²) in [5.74, 6) is -1.23. The molecule has 2 atom stereocenters. The molecular formula is C13H16N6O3. The smallest absolute Gasteiger partial charge is 0.303 e. The van der Waals surface area contributed by atoms with Gasteiger partial charge in [-0.2, -0.15) is 20.5 Å². The predicted molar refractivity (Wildman–Crippen MR) is 73.7 cm³/mol. The summed E-state index contributed by atoms with van der Waals surface area (Å²) < 4.78 is 1.55. The summed E-state index contributed by atoms with van der Waals surface area (Å²) in [4.78, 5) is 25.1. The molecule has 2 aromatic rings. The number of likely N-dealkylation sites (tertiary alicyclic amines) is 1. The maximum Gasteiger partial charge on any atom is 0.303 e. The summed E-state index contributed by atoms with van der Waals surface area (Å²) in [6.45, 7) is 1.01. The van der Waals surface area contributed by atoms with E-state index in [2.05, 4.69) is 20.5 Å². The second-order valence-electron chi connectivity index (χ2n) is 5.36. The van der Waals surface area contributed by atoms with Gasteiger partial charge in [0.1, 0.15) is 6.54 Å². The van der Waals surface area contributed by atoms with Gasteiger partial charge in [0.05, 0.1) is 18.3 Å². The molecule has 2 N–H and O–H groups in total. The Hall–Kier alpha value is -2.71. The number of carboxylic acids is 1. The first kappa shape index (κ1) is 14.2. The number of amides is 1. The highest BCUT2D eigenvalue weighted by Crippen LogP contribution is 2.33. The predicted octanol–water partition coefficient (Wildman–Crippen LogP) is -0.282. The standard InChI is InChI=1S/C13H16N6O3/c20-12(8-19-3-1-2-15-19)18-6-9(4-13(21)22)10(7-18)11-5-14-17-16-11/h1-3,5,9-10H,4,6-8H2,(H,21,22)(H,14,16,17)/t9-,10+/m1/s1. The molecular weight excluding hydrogens is 288 g/mol. The molecule has 3 rings (SSSR count). The van der Waals surface area contributed by atoms with Crippen molar-refractivity contribution in [3.8, 4) is 0 Å². The summed E-state index contributed by atoms with van der Waals surface area (Å²) in [5.41, 5.74) is 0.695. The summed E-state index contributed by atoms with van der Waals surface area (Å²) in [6.07, 6.45) is 4.92. The van der Waals surface area contributed by atoms with Crippen molar-refractivity contribution >= 4 is 11.9 Å². The van der Waals surface area contributed by atoms with Crippen LogP contribution in [0.15, 0.2) is 24.7 Å². The van der Waals surface area contributed by atoms with Crippen LogP contribution >= 0.6 is 0 Å². The fourth-order valence-corrected chi connectivity index (χ4v) is 2.86. The Balaban J connectivity index is 1.71. The first-order valence-electron chi connectivity index (χ1n) is 6.96. The van der Waals surface area contributed by atoms with Gasteiger partial charge in [0.15, 0.2) is 0 Å². The molecule has 1 aliphatic heterocycles. The van der Waals surface area contributed by atoms with Crippen molar-refractivity contribution in [2.45, 2.75) is 18.9 Å². The normalized spacial score (nSPS) is 21.2. The molecule has 1 fully saturated rings. The van der Waals surface area contributed by atoms with E-state index in [1.54, 1.807) is 34.2 Å². The van der Waals surface area contributed by atoms with Gasteiger partial charge in [-0.15, -0.1) is 0 Å². The second-order valence-corrected chi connectivity index (χ2v) is 5.36. The van der Waals surface area contributed by atoms with Crippen LogP contribution in [0.4, 0.5) is 0 Å². The van der Waals surface area contributed by atoms with Crippen LogP contribution in [-0.4, -0.2) is 60.2 Å². The molecule has 3 heterocycles. The number of carbonyl (C=O) groups is 2. The number of aliphatic carboxylic acids is 1. The van der Waals surface area contributed by atoms with Gasteiger partial charge in [-0.05, 0) is 12.0 Å². The van der Waals surface area contributed by atoms with Crippen LogP contribution in [0.5, 0.6) is 0 Å². The van der Waals surface area contributed by atoms with Gasteiger partial charge in [-0.1, -0.05) is 0 Å². The van der Waals surface area contributed by atoms with E-state index in [9.17, 15) is 9.59 Å². The molecule has 0 radical (unpaired) electrons. The van der Waals surface area contributed by atoms with E-state index in [1.807, 2.05) is 0 Å². The lowest BCUT2D eigenvalue weighted by Gasteiger charge is -2.16. The number of H-pyrrole nitrogens is 1. The molecule has 1 saturated heterocycles. The largest absolute Gasteiger partial charge is 0.481 e. The SMILES string of the molecule is O=C(O)C[C@@H]1CN(C(=O)Cn2cccn2)C[C@@H]1c1cn[nH]n1. The van der Waals surface area contributed by atoms with Crippen molar-refractivity contribution in [2.75, 3.05) is 13.1 Å². The molecule has 9 nitrogen and oxygen atoms in total. The maximum atomic E-state index is 12.3. The van der Waals surface area contributed by atoms with E-state index in [0.717, 1.165) is 0 Å². The highest BCUT2D eigenvalue weighted by Gasteiger charge is 2.38. The minimum atomic E-state index is -0.875. The molecule has 2 aromatic heterocycles. The molecule has 1 amide bonds. The van der Waals surface area contributed by atoms with Crippen LogP contribution in [0.3, 0.4) is 0 Å². The molecule has 1 aliphatic rings. The van der Waals surface area contributed by atoms with Gasteiger partial charge in [0.2, 0.25) is 5.91 Å². The van der Waals surface area contributed by atoms with E-state index >= 15 is 0 Å². The number of rotatable bonds is 5. The van der Waals surface area contributed by atoms with E-state index in [0.29, 0.717) is 18.8 Å². The van der Waals surface area contributed by atoms with Crippen LogP contribution < -0.4 is 0 Å². The first-order valence-corrected chi connectivity index (χ1v) is 6.96. The maximum absolute atomic E-state index is 12.3. The molecule has 0 bridgehead atoms. The van der Waals surface area contributed by atoms with Gasteiger partial charge in [0.25, 0.3) is 0 Å². The van der Waals surface area contributed by atoms with Crippen LogP contribution in [0.25, 0.3) is 0 Å². The number of carbonyl (C=O) groups excluding carboxylic acids is 1. The lowest BCUT2D eigenvalue weighted by molar-refractivity contribution is -0.138.